The summed E-state index contributed by atoms with van der Waals surface area (Å²) in [4.78, 5) is 26.5. The largest absolute Gasteiger partial charge is 0.349 e. The summed E-state index contributed by atoms with van der Waals surface area (Å²) in [6.07, 6.45) is 3.26. The minimum Gasteiger partial charge on any atom is -0.349 e. The van der Waals surface area contributed by atoms with Crippen LogP contribution in [0, 0.1) is 0 Å². The molecule has 1 N–H and O–H groups in total. The number of likely N-dealkylation sites (N-methyl/N-ethyl adjacent to an activating group) is 1. The number of rotatable bonds is 5. The van der Waals surface area contributed by atoms with Crippen LogP contribution < -0.4 is 5.32 Å². The van der Waals surface area contributed by atoms with E-state index >= 15 is 0 Å². The monoisotopic (exact) mass is 206 g/mol. The van der Waals surface area contributed by atoms with Gasteiger partial charge in [0.15, 0.2) is 0 Å². The Morgan fingerprint density at radius 2 is 2.40 bits per heavy atom. The first-order valence-electron chi connectivity index (χ1n) is 4.48. The van der Waals surface area contributed by atoms with Crippen LogP contribution in [-0.4, -0.2) is 35.8 Å². The number of pyridine rings is 1. The van der Waals surface area contributed by atoms with Crippen molar-refractivity contribution in [3.63, 3.8) is 0 Å². The summed E-state index contributed by atoms with van der Waals surface area (Å²) in [5, 5.41) is 2.64. The fourth-order valence-corrected chi connectivity index (χ4v) is 0.995. The molecule has 1 radical (unpaired) electrons. The molecule has 0 bridgehead atoms. The first kappa shape index (κ1) is 11.2. The van der Waals surface area contributed by atoms with Crippen LogP contribution in [0.1, 0.15) is 5.69 Å². The number of nitrogens with one attached hydrogen (secondary N) is 1. The Balaban J connectivity index is 2.31. The molecule has 0 aromatic carbocycles. The molecule has 0 aliphatic heterocycles. The third kappa shape index (κ3) is 4.21. The zero-order valence-electron chi connectivity index (χ0n) is 8.43. The number of aromatic nitrogens is 1. The third-order valence-corrected chi connectivity index (χ3v) is 1.73. The molecule has 2 amide bonds. The van der Waals surface area contributed by atoms with Gasteiger partial charge in [-0.15, -0.1) is 0 Å². The molecule has 1 heterocycles. The van der Waals surface area contributed by atoms with Crippen LogP contribution in [0.15, 0.2) is 24.4 Å². The number of hydrogen-bond donors (Lipinski definition) is 1. The predicted molar refractivity (Wildman–Crippen MR) is 54.4 cm³/mol. The molecule has 15 heavy (non-hydrogen) atoms. The number of carbonyl (C=O) groups excluding carboxylic acids is 2. The summed E-state index contributed by atoms with van der Waals surface area (Å²) in [5.74, 6) is -0.230. The maximum absolute atomic E-state index is 11.2. The van der Waals surface area contributed by atoms with Crippen LogP contribution in [0.5, 0.6) is 0 Å². The summed E-state index contributed by atoms with van der Waals surface area (Å²) >= 11 is 0. The molecule has 1 rings (SSSR count). The molecule has 0 saturated carbocycles. The van der Waals surface area contributed by atoms with Crippen molar-refractivity contribution in [2.75, 3.05) is 13.6 Å². The predicted octanol–water partition coefficient (Wildman–Crippen LogP) is -0.303. The van der Waals surface area contributed by atoms with E-state index < -0.39 is 0 Å². The summed E-state index contributed by atoms with van der Waals surface area (Å²) < 4.78 is 0. The lowest BCUT2D eigenvalue weighted by Crippen LogP contribution is -2.34. The van der Waals surface area contributed by atoms with Crippen molar-refractivity contribution >= 4 is 12.3 Å². The molecule has 0 fully saturated rings. The molecule has 0 aliphatic rings. The van der Waals surface area contributed by atoms with Crippen molar-refractivity contribution in [3.8, 4) is 0 Å². The normalized spacial score (nSPS) is 9.40. The highest BCUT2D eigenvalue weighted by Crippen LogP contribution is 1.91. The highest BCUT2D eigenvalue weighted by Gasteiger charge is 2.04. The fourth-order valence-electron chi connectivity index (χ4n) is 0.995. The quantitative estimate of drug-likeness (QED) is 0.672. The van der Waals surface area contributed by atoms with E-state index in [1.165, 1.54) is 7.05 Å². The van der Waals surface area contributed by atoms with Gasteiger partial charge in [0.1, 0.15) is 0 Å². The first-order valence-corrected chi connectivity index (χ1v) is 4.48. The Morgan fingerprint density at radius 3 is 3.00 bits per heavy atom. The van der Waals surface area contributed by atoms with Gasteiger partial charge in [0.2, 0.25) is 5.91 Å². The lowest BCUT2D eigenvalue weighted by Gasteiger charge is -2.09. The van der Waals surface area contributed by atoms with E-state index in [9.17, 15) is 9.59 Å². The van der Waals surface area contributed by atoms with Gasteiger partial charge in [-0.05, 0) is 12.1 Å². The van der Waals surface area contributed by atoms with Gasteiger partial charge in [0, 0.05) is 13.2 Å². The van der Waals surface area contributed by atoms with Crippen LogP contribution in [0.25, 0.3) is 0 Å². The maximum Gasteiger partial charge on any atom is 0.312 e. The lowest BCUT2D eigenvalue weighted by atomic mass is 10.3. The topological polar surface area (TPSA) is 62.3 Å². The van der Waals surface area contributed by atoms with E-state index in [0.717, 1.165) is 10.6 Å². The SMILES string of the molecule is CN([C]=O)CC(=O)NCc1ccccn1. The van der Waals surface area contributed by atoms with Crippen molar-refractivity contribution in [2.24, 2.45) is 0 Å². The molecular weight excluding hydrogens is 194 g/mol. The molecule has 0 saturated heterocycles. The van der Waals surface area contributed by atoms with Gasteiger partial charge < -0.3 is 10.2 Å². The van der Waals surface area contributed by atoms with Crippen molar-refractivity contribution in [3.05, 3.63) is 30.1 Å². The summed E-state index contributed by atoms with van der Waals surface area (Å²) in [5.41, 5.74) is 0.781. The van der Waals surface area contributed by atoms with E-state index in [0.29, 0.717) is 6.54 Å². The van der Waals surface area contributed by atoms with Crippen molar-refractivity contribution < 1.29 is 9.59 Å². The Morgan fingerprint density at radius 1 is 1.60 bits per heavy atom. The maximum atomic E-state index is 11.2. The van der Waals surface area contributed by atoms with Gasteiger partial charge in [0.05, 0.1) is 18.8 Å². The van der Waals surface area contributed by atoms with Gasteiger partial charge in [-0.3, -0.25) is 14.6 Å². The highest BCUT2D eigenvalue weighted by molar-refractivity contribution is 5.79. The van der Waals surface area contributed by atoms with E-state index in [1.807, 2.05) is 12.1 Å². The summed E-state index contributed by atoms with van der Waals surface area (Å²) in [6, 6.07) is 5.47. The zero-order valence-corrected chi connectivity index (χ0v) is 8.43. The van der Waals surface area contributed by atoms with Crippen molar-refractivity contribution in [1.29, 1.82) is 0 Å². The number of amides is 2. The molecule has 5 heteroatoms. The molecular formula is C10H12N3O2. The Labute approximate surface area is 88.1 Å². The highest BCUT2D eigenvalue weighted by atomic mass is 16.2. The van der Waals surface area contributed by atoms with Crippen LogP contribution in [0.4, 0.5) is 0 Å². The Kier molecular flexibility index (Phi) is 4.28. The van der Waals surface area contributed by atoms with Gasteiger partial charge in [-0.1, -0.05) is 6.07 Å². The zero-order chi connectivity index (χ0) is 11.1. The number of carbonyl (C=O) groups is 1. The van der Waals surface area contributed by atoms with Crippen molar-refractivity contribution in [1.82, 2.24) is 15.2 Å². The summed E-state index contributed by atoms with van der Waals surface area (Å²) in [6.45, 7) is 0.378. The van der Waals surface area contributed by atoms with Gasteiger partial charge in [0.25, 0.3) is 0 Å². The van der Waals surface area contributed by atoms with E-state index in [-0.39, 0.29) is 12.5 Å². The van der Waals surface area contributed by atoms with Crippen LogP contribution in [0.2, 0.25) is 0 Å². The molecule has 0 aliphatic carbocycles. The first-order chi connectivity index (χ1) is 7.22. The molecule has 1 aromatic heterocycles. The molecule has 79 valence electrons. The Hall–Kier alpha value is -1.91. The van der Waals surface area contributed by atoms with Crippen molar-refractivity contribution in [2.45, 2.75) is 6.54 Å². The van der Waals surface area contributed by atoms with E-state index in [1.54, 1.807) is 18.7 Å². The second kappa shape index (κ2) is 5.74. The lowest BCUT2D eigenvalue weighted by molar-refractivity contribution is -0.121. The molecule has 0 atom stereocenters. The molecule has 1 aromatic rings. The molecule has 0 unspecified atom stereocenters. The number of hydrogen-bond acceptors (Lipinski definition) is 3. The molecule has 5 nitrogen and oxygen atoms in total. The minimum atomic E-state index is -0.230. The van der Waals surface area contributed by atoms with Crippen LogP contribution >= 0.6 is 0 Å². The molecule has 0 spiro atoms. The van der Waals surface area contributed by atoms with Gasteiger partial charge >= 0.3 is 6.41 Å². The van der Waals surface area contributed by atoms with Gasteiger partial charge in [-0.2, -0.15) is 0 Å². The third-order valence-electron chi connectivity index (χ3n) is 1.73. The summed E-state index contributed by atoms with van der Waals surface area (Å²) in [7, 11) is 1.49. The van der Waals surface area contributed by atoms with Crippen LogP contribution in [-0.2, 0) is 16.1 Å². The average molecular weight is 206 g/mol. The van der Waals surface area contributed by atoms with Gasteiger partial charge in [-0.25, -0.2) is 0 Å². The van der Waals surface area contributed by atoms with E-state index in [2.05, 4.69) is 10.3 Å². The second-order valence-electron chi connectivity index (χ2n) is 3.05. The number of nitrogens with zero attached hydrogens (tertiary/aromatic N) is 2. The fraction of sp³-hybridized carbons (Fsp3) is 0.300. The van der Waals surface area contributed by atoms with Crippen LogP contribution in [0.3, 0.4) is 0 Å². The Bertz CT molecular complexity index is 327. The standard InChI is InChI=1S/C10H12N3O2/c1-13(8-14)7-10(15)12-6-9-4-2-3-5-11-9/h2-5H,6-7H2,1H3,(H,12,15). The second-order valence-corrected chi connectivity index (χ2v) is 3.05. The average Bonchev–Trinajstić information content (AvgIpc) is 2.27. The smallest absolute Gasteiger partial charge is 0.312 e. The van der Waals surface area contributed by atoms with E-state index in [4.69, 9.17) is 0 Å². The minimum absolute atomic E-state index is 0.0103.